The van der Waals surface area contributed by atoms with Crippen molar-refractivity contribution in [2.45, 2.75) is 25.0 Å². The molecule has 9 nitrogen and oxygen atoms in total. The SMILES string of the molecule is Cc1cc(N2C[C@@]34C=C[C@@H](O3)C(C(=O)NCCCN3CCOCC3)C4C2=O)no1. The van der Waals surface area contributed by atoms with Crippen LogP contribution in [-0.4, -0.2) is 79.5 Å². The third kappa shape index (κ3) is 3.17. The second-order valence-electron chi connectivity index (χ2n) is 8.22. The van der Waals surface area contributed by atoms with E-state index in [1.807, 2.05) is 12.2 Å². The Labute approximate surface area is 169 Å². The molecule has 1 aromatic rings. The molecule has 0 aromatic carbocycles. The largest absolute Gasteiger partial charge is 0.379 e. The zero-order chi connectivity index (χ0) is 20.0. The molecule has 3 saturated heterocycles. The zero-order valence-corrected chi connectivity index (χ0v) is 16.5. The van der Waals surface area contributed by atoms with Crippen molar-refractivity contribution in [1.82, 2.24) is 15.4 Å². The minimum atomic E-state index is -0.746. The molecule has 156 valence electrons. The maximum atomic E-state index is 13.2. The number of ether oxygens (including phenoxy) is 2. The first-order valence-electron chi connectivity index (χ1n) is 10.3. The van der Waals surface area contributed by atoms with Crippen LogP contribution in [0.3, 0.4) is 0 Å². The van der Waals surface area contributed by atoms with Gasteiger partial charge in [0, 0.05) is 25.7 Å². The lowest BCUT2D eigenvalue weighted by Crippen LogP contribution is -2.45. The summed E-state index contributed by atoms with van der Waals surface area (Å²) in [6.45, 7) is 7.08. The first-order valence-corrected chi connectivity index (χ1v) is 10.3. The first kappa shape index (κ1) is 18.8. The highest BCUT2D eigenvalue weighted by Gasteiger charge is 2.67. The van der Waals surface area contributed by atoms with Crippen molar-refractivity contribution in [3.63, 3.8) is 0 Å². The molecule has 2 amide bonds. The number of fused-ring (bicyclic) bond motifs is 1. The van der Waals surface area contributed by atoms with Gasteiger partial charge in [0.1, 0.15) is 11.4 Å². The predicted octanol–water partition coefficient (Wildman–Crippen LogP) is 0.108. The number of amides is 2. The van der Waals surface area contributed by atoms with Gasteiger partial charge in [-0.15, -0.1) is 0 Å². The van der Waals surface area contributed by atoms with Gasteiger partial charge in [-0.1, -0.05) is 17.3 Å². The predicted molar refractivity (Wildman–Crippen MR) is 102 cm³/mol. The Bertz CT molecular complexity index is 833. The van der Waals surface area contributed by atoms with Gasteiger partial charge in [-0.3, -0.25) is 19.4 Å². The topological polar surface area (TPSA) is 97.1 Å². The highest BCUT2D eigenvalue weighted by atomic mass is 16.5. The van der Waals surface area contributed by atoms with Crippen molar-refractivity contribution >= 4 is 17.6 Å². The van der Waals surface area contributed by atoms with E-state index in [4.69, 9.17) is 14.0 Å². The van der Waals surface area contributed by atoms with Crippen LogP contribution < -0.4 is 10.2 Å². The van der Waals surface area contributed by atoms with Crippen LogP contribution in [0.15, 0.2) is 22.7 Å². The number of morpholine rings is 1. The van der Waals surface area contributed by atoms with E-state index in [9.17, 15) is 9.59 Å². The number of nitrogens with zero attached hydrogens (tertiary/aromatic N) is 3. The Hall–Kier alpha value is -2.23. The molecule has 29 heavy (non-hydrogen) atoms. The quantitative estimate of drug-likeness (QED) is 0.533. The summed E-state index contributed by atoms with van der Waals surface area (Å²) in [6.07, 6.45) is 4.38. The van der Waals surface area contributed by atoms with Crippen LogP contribution in [0.4, 0.5) is 5.82 Å². The van der Waals surface area contributed by atoms with Crippen LogP contribution in [-0.2, 0) is 19.1 Å². The third-order valence-corrected chi connectivity index (χ3v) is 6.35. The van der Waals surface area contributed by atoms with Crippen LogP contribution in [0.1, 0.15) is 12.2 Å². The molecule has 4 aliphatic heterocycles. The molecule has 4 atom stereocenters. The monoisotopic (exact) mass is 402 g/mol. The number of aryl methyl sites for hydroxylation is 1. The Morgan fingerprint density at radius 1 is 1.38 bits per heavy atom. The van der Waals surface area contributed by atoms with Gasteiger partial charge in [0.15, 0.2) is 5.82 Å². The zero-order valence-electron chi connectivity index (χ0n) is 16.5. The molecule has 3 fully saturated rings. The molecule has 0 radical (unpaired) electrons. The Morgan fingerprint density at radius 2 is 2.21 bits per heavy atom. The number of carbonyl (C=O) groups excluding carboxylic acids is 2. The lowest BCUT2D eigenvalue weighted by molar-refractivity contribution is -0.131. The summed E-state index contributed by atoms with van der Waals surface area (Å²) in [5, 5.41) is 6.99. The number of aromatic nitrogens is 1. The minimum absolute atomic E-state index is 0.111. The van der Waals surface area contributed by atoms with Gasteiger partial charge < -0.3 is 19.3 Å². The number of carbonyl (C=O) groups is 2. The average molecular weight is 402 g/mol. The lowest BCUT2D eigenvalue weighted by atomic mass is 9.77. The van der Waals surface area contributed by atoms with Gasteiger partial charge in [-0.05, 0) is 19.9 Å². The number of nitrogens with one attached hydrogen (secondary N) is 1. The van der Waals surface area contributed by atoms with E-state index in [-0.39, 0.29) is 17.9 Å². The van der Waals surface area contributed by atoms with Gasteiger partial charge in [0.05, 0.1) is 37.7 Å². The Balaban J connectivity index is 1.22. The first-order chi connectivity index (χ1) is 14.1. The number of anilines is 1. The van der Waals surface area contributed by atoms with Crippen LogP contribution >= 0.6 is 0 Å². The second-order valence-corrected chi connectivity index (χ2v) is 8.22. The lowest BCUT2D eigenvalue weighted by Gasteiger charge is -2.27. The Kier molecular flexibility index (Phi) is 4.68. The van der Waals surface area contributed by atoms with Gasteiger partial charge in [0.2, 0.25) is 11.8 Å². The van der Waals surface area contributed by atoms with Crippen LogP contribution in [0, 0.1) is 18.8 Å². The van der Waals surface area contributed by atoms with Crippen molar-refractivity contribution in [1.29, 1.82) is 0 Å². The smallest absolute Gasteiger partial charge is 0.235 e. The standard InChI is InChI=1S/C20H26N4O5/c1-13-11-15(22-29-13)24-12-20-4-3-14(28-20)16(17(20)19(24)26)18(25)21-5-2-6-23-7-9-27-10-8-23/h3-4,11,14,16-17H,2,5-10,12H2,1H3,(H,21,25)/t14-,16?,17?,20-/m1/s1. The highest BCUT2D eigenvalue weighted by Crippen LogP contribution is 2.52. The summed E-state index contributed by atoms with van der Waals surface area (Å²) in [6, 6.07) is 1.73. The molecule has 1 aromatic heterocycles. The van der Waals surface area contributed by atoms with E-state index in [2.05, 4.69) is 15.4 Å². The van der Waals surface area contributed by atoms with Crippen LogP contribution in [0.5, 0.6) is 0 Å². The Morgan fingerprint density at radius 3 is 2.97 bits per heavy atom. The summed E-state index contributed by atoms with van der Waals surface area (Å²) in [5.74, 6) is -0.153. The molecule has 1 spiro atoms. The number of hydrogen-bond acceptors (Lipinski definition) is 7. The number of rotatable bonds is 6. The van der Waals surface area contributed by atoms with E-state index in [1.54, 1.807) is 17.9 Å². The summed E-state index contributed by atoms with van der Waals surface area (Å²) in [7, 11) is 0. The van der Waals surface area contributed by atoms with Crippen molar-refractivity contribution in [2.75, 3.05) is 50.8 Å². The second kappa shape index (κ2) is 7.23. The molecule has 0 aliphatic carbocycles. The normalized spacial score (nSPS) is 33.5. The average Bonchev–Trinajstić information content (AvgIpc) is 3.47. The summed E-state index contributed by atoms with van der Waals surface area (Å²) in [5.41, 5.74) is -0.746. The van der Waals surface area contributed by atoms with E-state index in [1.165, 1.54) is 0 Å². The summed E-state index contributed by atoms with van der Waals surface area (Å²) in [4.78, 5) is 30.0. The fourth-order valence-electron chi connectivity index (χ4n) is 4.93. The molecule has 9 heteroatoms. The van der Waals surface area contributed by atoms with Gasteiger partial charge in [-0.25, -0.2) is 0 Å². The molecule has 2 bridgehead atoms. The molecule has 5 heterocycles. The highest BCUT2D eigenvalue weighted by molar-refractivity contribution is 6.02. The van der Waals surface area contributed by atoms with Gasteiger partial charge >= 0.3 is 0 Å². The maximum Gasteiger partial charge on any atom is 0.235 e. The van der Waals surface area contributed by atoms with E-state index >= 15 is 0 Å². The molecule has 5 rings (SSSR count). The summed E-state index contributed by atoms with van der Waals surface area (Å²) < 4.78 is 16.6. The fraction of sp³-hybridized carbons (Fsp3) is 0.650. The molecule has 4 aliphatic rings. The minimum Gasteiger partial charge on any atom is -0.379 e. The number of hydrogen-bond donors (Lipinski definition) is 1. The molecular weight excluding hydrogens is 376 g/mol. The molecule has 0 saturated carbocycles. The maximum absolute atomic E-state index is 13.2. The van der Waals surface area contributed by atoms with Crippen molar-refractivity contribution in [2.24, 2.45) is 11.8 Å². The van der Waals surface area contributed by atoms with Crippen molar-refractivity contribution in [3.05, 3.63) is 24.0 Å². The molecule has 2 unspecified atom stereocenters. The van der Waals surface area contributed by atoms with Gasteiger partial charge in [0.25, 0.3) is 0 Å². The van der Waals surface area contributed by atoms with Crippen molar-refractivity contribution in [3.8, 4) is 0 Å². The van der Waals surface area contributed by atoms with Crippen LogP contribution in [0.2, 0.25) is 0 Å². The van der Waals surface area contributed by atoms with Gasteiger partial charge in [-0.2, -0.15) is 0 Å². The molecule has 1 N–H and O–H groups in total. The van der Waals surface area contributed by atoms with Crippen molar-refractivity contribution < 1.29 is 23.6 Å². The van der Waals surface area contributed by atoms with E-state index < -0.39 is 17.4 Å². The summed E-state index contributed by atoms with van der Waals surface area (Å²) >= 11 is 0. The van der Waals surface area contributed by atoms with E-state index in [0.717, 1.165) is 39.3 Å². The third-order valence-electron chi connectivity index (χ3n) is 6.35. The molecular formula is C20H26N4O5. The fourth-order valence-corrected chi connectivity index (χ4v) is 4.93. The van der Waals surface area contributed by atoms with Crippen LogP contribution in [0.25, 0.3) is 0 Å². The van der Waals surface area contributed by atoms with E-state index in [0.29, 0.717) is 24.7 Å².